The summed E-state index contributed by atoms with van der Waals surface area (Å²) >= 11 is 0. The Bertz CT molecular complexity index is 313. The van der Waals surface area contributed by atoms with Gasteiger partial charge in [-0.1, -0.05) is 64.3 Å². The van der Waals surface area contributed by atoms with Crippen LogP contribution in [-0.2, 0) is 6.54 Å². The zero-order chi connectivity index (χ0) is 13.4. The zero-order valence-corrected chi connectivity index (χ0v) is 12.5. The van der Waals surface area contributed by atoms with Crippen LogP contribution in [0.5, 0.6) is 0 Å². The Labute approximate surface area is 113 Å². The number of benzene rings is 1. The van der Waals surface area contributed by atoms with Gasteiger partial charge in [0.15, 0.2) is 0 Å². The van der Waals surface area contributed by atoms with Gasteiger partial charge in [0.25, 0.3) is 0 Å². The highest BCUT2D eigenvalue weighted by atomic mass is 14.9. The molecule has 0 aliphatic heterocycles. The molecule has 102 valence electrons. The minimum atomic E-state index is 0.625. The number of hydrogen-bond acceptors (Lipinski definition) is 1. The molecule has 1 heteroatoms. The SMILES string of the molecule is CCCCCC(C)NCc1ccc(C(C)C)cc1. The van der Waals surface area contributed by atoms with E-state index >= 15 is 0 Å². The molecule has 1 unspecified atom stereocenters. The second-order valence-corrected chi connectivity index (χ2v) is 5.67. The van der Waals surface area contributed by atoms with Crippen molar-refractivity contribution in [2.24, 2.45) is 0 Å². The summed E-state index contributed by atoms with van der Waals surface area (Å²) in [6.07, 6.45) is 5.30. The first-order valence-electron chi connectivity index (χ1n) is 7.45. The fourth-order valence-corrected chi connectivity index (χ4v) is 2.12. The molecule has 1 rings (SSSR count). The molecule has 0 radical (unpaired) electrons. The van der Waals surface area contributed by atoms with Gasteiger partial charge < -0.3 is 5.32 Å². The van der Waals surface area contributed by atoms with Crippen molar-refractivity contribution in [2.45, 2.75) is 71.9 Å². The highest BCUT2D eigenvalue weighted by Gasteiger charge is 2.02. The van der Waals surface area contributed by atoms with Gasteiger partial charge in [-0.25, -0.2) is 0 Å². The van der Waals surface area contributed by atoms with Gasteiger partial charge >= 0.3 is 0 Å². The standard InChI is InChI=1S/C17H29N/c1-5-6-7-8-15(4)18-13-16-9-11-17(12-10-16)14(2)3/h9-12,14-15,18H,5-8,13H2,1-4H3. The quantitative estimate of drug-likeness (QED) is 0.646. The predicted molar refractivity (Wildman–Crippen MR) is 81.0 cm³/mol. The van der Waals surface area contributed by atoms with Gasteiger partial charge in [0, 0.05) is 12.6 Å². The Balaban J connectivity index is 2.30. The maximum atomic E-state index is 3.61. The smallest absolute Gasteiger partial charge is 0.0207 e. The molecule has 0 saturated carbocycles. The molecule has 0 fully saturated rings. The third-order valence-corrected chi connectivity index (χ3v) is 3.54. The summed E-state index contributed by atoms with van der Waals surface area (Å²) < 4.78 is 0. The topological polar surface area (TPSA) is 12.0 Å². The number of nitrogens with one attached hydrogen (secondary N) is 1. The van der Waals surface area contributed by atoms with E-state index in [4.69, 9.17) is 0 Å². The Kier molecular flexibility index (Phi) is 7.04. The van der Waals surface area contributed by atoms with Crippen LogP contribution in [0.4, 0.5) is 0 Å². The highest BCUT2D eigenvalue weighted by Crippen LogP contribution is 2.14. The van der Waals surface area contributed by atoms with Crippen molar-refractivity contribution in [1.29, 1.82) is 0 Å². The lowest BCUT2D eigenvalue weighted by Crippen LogP contribution is -2.25. The molecule has 1 aromatic carbocycles. The van der Waals surface area contributed by atoms with Crippen molar-refractivity contribution in [2.75, 3.05) is 0 Å². The van der Waals surface area contributed by atoms with E-state index < -0.39 is 0 Å². The van der Waals surface area contributed by atoms with Crippen LogP contribution in [0.25, 0.3) is 0 Å². The van der Waals surface area contributed by atoms with E-state index in [1.807, 2.05) is 0 Å². The van der Waals surface area contributed by atoms with E-state index in [1.54, 1.807) is 0 Å². The summed E-state index contributed by atoms with van der Waals surface area (Å²) in [5.74, 6) is 0.625. The Morgan fingerprint density at radius 2 is 1.67 bits per heavy atom. The molecular weight excluding hydrogens is 218 g/mol. The van der Waals surface area contributed by atoms with Crippen LogP contribution in [-0.4, -0.2) is 6.04 Å². The van der Waals surface area contributed by atoms with E-state index in [0.29, 0.717) is 12.0 Å². The molecule has 0 aliphatic rings. The molecular formula is C17H29N. The first-order chi connectivity index (χ1) is 8.63. The van der Waals surface area contributed by atoms with E-state index in [0.717, 1.165) is 6.54 Å². The van der Waals surface area contributed by atoms with Crippen molar-refractivity contribution >= 4 is 0 Å². The number of rotatable bonds is 8. The van der Waals surface area contributed by atoms with Crippen molar-refractivity contribution in [1.82, 2.24) is 5.32 Å². The van der Waals surface area contributed by atoms with Crippen molar-refractivity contribution < 1.29 is 0 Å². The Morgan fingerprint density at radius 1 is 1.00 bits per heavy atom. The molecule has 0 spiro atoms. The van der Waals surface area contributed by atoms with Crippen LogP contribution in [0, 0.1) is 0 Å². The minimum Gasteiger partial charge on any atom is -0.310 e. The second-order valence-electron chi connectivity index (χ2n) is 5.67. The molecule has 0 amide bonds. The van der Waals surface area contributed by atoms with Crippen LogP contribution in [0.3, 0.4) is 0 Å². The van der Waals surface area contributed by atoms with Crippen LogP contribution in [0.15, 0.2) is 24.3 Å². The van der Waals surface area contributed by atoms with E-state index in [9.17, 15) is 0 Å². The maximum Gasteiger partial charge on any atom is 0.0207 e. The van der Waals surface area contributed by atoms with Crippen LogP contribution < -0.4 is 5.32 Å². The average molecular weight is 247 g/mol. The Morgan fingerprint density at radius 3 is 2.22 bits per heavy atom. The largest absolute Gasteiger partial charge is 0.310 e. The van der Waals surface area contributed by atoms with Crippen LogP contribution in [0.1, 0.15) is 70.4 Å². The number of hydrogen-bond donors (Lipinski definition) is 1. The lowest BCUT2D eigenvalue weighted by atomic mass is 10.0. The highest BCUT2D eigenvalue weighted by molar-refractivity contribution is 5.24. The summed E-state index contributed by atoms with van der Waals surface area (Å²) in [5.41, 5.74) is 2.82. The monoisotopic (exact) mass is 247 g/mol. The fraction of sp³-hybridized carbons (Fsp3) is 0.647. The van der Waals surface area contributed by atoms with Gasteiger partial charge in [0.1, 0.15) is 0 Å². The van der Waals surface area contributed by atoms with Gasteiger partial charge in [-0.2, -0.15) is 0 Å². The molecule has 0 aliphatic carbocycles. The lowest BCUT2D eigenvalue weighted by Gasteiger charge is -2.14. The van der Waals surface area contributed by atoms with Crippen LogP contribution >= 0.6 is 0 Å². The summed E-state index contributed by atoms with van der Waals surface area (Å²) in [4.78, 5) is 0. The molecule has 0 saturated heterocycles. The van der Waals surface area contributed by atoms with E-state index in [1.165, 1.54) is 36.8 Å². The van der Waals surface area contributed by atoms with Crippen molar-refractivity contribution in [3.63, 3.8) is 0 Å². The van der Waals surface area contributed by atoms with E-state index in [-0.39, 0.29) is 0 Å². The van der Waals surface area contributed by atoms with Gasteiger partial charge in [-0.05, 0) is 30.4 Å². The Hall–Kier alpha value is -0.820. The molecule has 1 nitrogen and oxygen atoms in total. The maximum absolute atomic E-state index is 3.61. The lowest BCUT2D eigenvalue weighted by molar-refractivity contribution is 0.487. The molecule has 0 bridgehead atoms. The van der Waals surface area contributed by atoms with E-state index in [2.05, 4.69) is 57.3 Å². The molecule has 1 atom stereocenters. The molecule has 0 heterocycles. The van der Waals surface area contributed by atoms with Crippen molar-refractivity contribution in [3.8, 4) is 0 Å². The van der Waals surface area contributed by atoms with Crippen molar-refractivity contribution in [3.05, 3.63) is 35.4 Å². The third-order valence-electron chi connectivity index (χ3n) is 3.54. The average Bonchev–Trinajstić information content (AvgIpc) is 2.37. The molecule has 1 aromatic rings. The summed E-state index contributed by atoms with van der Waals surface area (Å²) in [6, 6.07) is 9.64. The van der Waals surface area contributed by atoms with Gasteiger partial charge in [-0.3, -0.25) is 0 Å². The first-order valence-corrected chi connectivity index (χ1v) is 7.45. The normalized spacial score (nSPS) is 12.9. The van der Waals surface area contributed by atoms with Crippen LogP contribution in [0.2, 0.25) is 0 Å². The predicted octanol–water partition coefficient (Wildman–Crippen LogP) is 4.87. The summed E-state index contributed by atoms with van der Waals surface area (Å²) in [6.45, 7) is 10.0. The number of unbranched alkanes of at least 4 members (excludes halogenated alkanes) is 2. The van der Waals surface area contributed by atoms with Gasteiger partial charge in [0.05, 0.1) is 0 Å². The van der Waals surface area contributed by atoms with Gasteiger partial charge in [-0.15, -0.1) is 0 Å². The molecule has 0 aromatic heterocycles. The second kappa shape index (κ2) is 8.31. The molecule has 1 N–H and O–H groups in total. The fourth-order valence-electron chi connectivity index (χ4n) is 2.12. The first kappa shape index (κ1) is 15.2. The summed E-state index contributed by atoms with van der Waals surface area (Å²) in [5, 5.41) is 3.61. The van der Waals surface area contributed by atoms with Gasteiger partial charge in [0.2, 0.25) is 0 Å². The summed E-state index contributed by atoms with van der Waals surface area (Å²) in [7, 11) is 0. The molecule has 18 heavy (non-hydrogen) atoms. The third kappa shape index (κ3) is 5.68. The zero-order valence-electron chi connectivity index (χ0n) is 12.5. The minimum absolute atomic E-state index is 0.625.